The second-order valence-electron chi connectivity index (χ2n) is 11.6. The Bertz CT molecular complexity index is 1890. The van der Waals surface area contributed by atoms with Gasteiger partial charge in [-0.3, -0.25) is 9.59 Å². The van der Waals surface area contributed by atoms with Crippen molar-refractivity contribution in [2.24, 2.45) is 5.92 Å². The van der Waals surface area contributed by atoms with Crippen LogP contribution in [0, 0.1) is 5.92 Å². The lowest BCUT2D eigenvalue weighted by molar-refractivity contribution is 0.0846. The SMILES string of the molecule is CC1=C[C@@H](c2cc(C3CC(=O)c4ccc(O)cc4O3)c(O)cc2O)[C@H](C(=O)c2ccc(O)cc2O)[C@@H](c2ccc(O)cc2O)C1. The molecule has 0 aromatic heterocycles. The van der Waals surface area contributed by atoms with Crippen LogP contribution in [0.15, 0.2) is 78.4 Å². The maximum atomic E-state index is 14.3. The van der Waals surface area contributed by atoms with Crippen LogP contribution in [0.25, 0.3) is 0 Å². The smallest absolute Gasteiger partial charge is 0.171 e. The van der Waals surface area contributed by atoms with E-state index in [2.05, 4.69) is 0 Å². The fourth-order valence-corrected chi connectivity index (χ4v) is 6.51. The maximum absolute atomic E-state index is 14.3. The second-order valence-corrected chi connectivity index (χ2v) is 11.6. The molecule has 7 N–H and O–H groups in total. The summed E-state index contributed by atoms with van der Waals surface area (Å²) in [6, 6.07) is 14.4. The molecule has 1 aliphatic carbocycles. The van der Waals surface area contributed by atoms with E-state index >= 15 is 0 Å². The first-order valence-electron chi connectivity index (χ1n) is 14.2. The van der Waals surface area contributed by atoms with Gasteiger partial charge in [0.2, 0.25) is 0 Å². The minimum atomic E-state index is -1.03. The van der Waals surface area contributed by atoms with Crippen LogP contribution in [0.5, 0.6) is 46.0 Å². The van der Waals surface area contributed by atoms with Gasteiger partial charge in [-0.25, -0.2) is 0 Å². The number of hydrogen-bond acceptors (Lipinski definition) is 10. The number of allylic oxidation sites excluding steroid dienone is 2. The molecule has 4 aromatic rings. The topological polar surface area (TPSA) is 185 Å². The van der Waals surface area contributed by atoms with Crippen LogP contribution >= 0.6 is 0 Å². The van der Waals surface area contributed by atoms with Gasteiger partial charge < -0.3 is 40.5 Å². The van der Waals surface area contributed by atoms with E-state index < -0.39 is 35.4 Å². The van der Waals surface area contributed by atoms with Crippen LogP contribution in [0.3, 0.4) is 0 Å². The molecule has 0 radical (unpaired) electrons. The highest BCUT2D eigenvalue weighted by molar-refractivity contribution is 6.02. The molecule has 2 aliphatic rings. The van der Waals surface area contributed by atoms with E-state index in [4.69, 9.17) is 4.74 Å². The average Bonchev–Trinajstić information content (AvgIpc) is 2.96. The fourth-order valence-electron chi connectivity index (χ4n) is 6.51. The summed E-state index contributed by atoms with van der Waals surface area (Å²) in [6.45, 7) is 1.83. The Morgan fingerprint density at radius 3 is 2.02 bits per heavy atom. The van der Waals surface area contributed by atoms with Crippen LogP contribution in [-0.4, -0.2) is 47.3 Å². The molecule has 6 rings (SSSR count). The van der Waals surface area contributed by atoms with Crippen molar-refractivity contribution in [3.63, 3.8) is 0 Å². The third kappa shape index (κ3) is 5.35. The molecule has 10 nitrogen and oxygen atoms in total. The zero-order valence-electron chi connectivity index (χ0n) is 24.0. The van der Waals surface area contributed by atoms with Gasteiger partial charge in [-0.05, 0) is 55.3 Å². The van der Waals surface area contributed by atoms with Crippen molar-refractivity contribution < 1.29 is 50.1 Å². The Morgan fingerprint density at radius 1 is 0.689 bits per heavy atom. The first-order valence-corrected chi connectivity index (χ1v) is 14.2. The van der Waals surface area contributed by atoms with Crippen molar-refractivity contribution in [3.8, 4) is 46.0 Å². The van der Waals surface area contributed by atoms with E-state index in [-0.39, 0.29) is 74.7 Å². The lowest BCUT2D eigenvalue weighted by Gasteiger charge is -2.37. The highest BCUT2D eigenvalue weighted by Gasteiger charge is 2.43. The van der Waals surface area contributed by atoms with Crippen LogP contribution in [0.4, 0.5) is 0 Å². The Morgan fingerprint density at radius 2 is 1.31 bits per heavy atom. The largest absolute Gasteiger partial charge is 0.508 e. The van der Waals surface area contributed by atoms with Crippen LogP contribution in [-0.2, 0) is 0 Å². The molecule has 0 spiro atoms. The number of benzene rings is 4. The molecule has 0 amide bonds. The van der Waals surface area contributed by atoms with E-state index in [0.29, 0.717) is 12.0 Å². The Kier molecular flexibility index (Phi) is 7.28. The average molecular weight is 611 g/mol. The summed E-state index contributed by atoms with van der Waals surface area (Å²) in [6.07, 6.45) is 0.996. The van der Waals surface area contributed by atoms with E-state index in [9.17, 15) is 45.3 Å². The summed E-state index contributed by atoms with van der Waals surface area (Å²) in [7, 11) is 0. The monoisotopic (exact) mass is 610 g/mol. The van der Waals surface area contributed by atoms with Gasteiger partial charge in [0.1, 0.15) is 52.1 Å². The van der Waals surface area contributed by atoms with Crippen LogP contribution < -0.4 is 4.74 Å². The van der Waals surface area contributed by atoms with Gasteiger partial charge in [0.25, 0.3) is 0 Å². The number of aromatic hydroxyl groups is 7. The Balaban J connectivity index is 1.50. The molecule has 230 valence electrons. The van der Waals surface area contributed by atoms with E-state index in [0.717, 1.165) is 17.7 Å². The predicted molar refractivity (Wildman–Crippen MR) is 161 cm³/mol. The zero-order chi connectivity index (χ0) is 32.2. The van der Waals surface area contributed by atoms with Gasteiger partial charge in [0.05, 0.1) is 17.5 Å². The number of carbonyl (C=O) groups excluding carboxylic acids is 2. The molecule has 0 saturated carbocycles. The third-order valence-corrected chi connectivity index (χ3v) is 8.58. The zero-order valence-corrected chi connectivity index (χ0v) is 24.0. The number of rotatable bonds is 5. The summed E-state index contributed by atoms with van der Waals surface area (Å²) in [4.78, 5) is 27.3. The molecule has 1 unspecified atom stereocenters. The minimum Gasteiger partial charge on any atom is -0.508 e. The van der Waals surface area contributed by atoms with Crippen molar-refractivity contribution >= 4 is 11.6 Å². The fraction of sp³-hybridized carbons (Fsp3) is 0.200. The molecular weight excluding hydrogens is 580 g/mol. The third-order valence-electron chi connectivity index (χ3n) is 8.58. The van der Waals surface area contributed by atoms with E-state index in [1.807, 2.05) is 6.92 Å². The molecule has 45 heavy (non-hydrogen) atoms. The number of hydrogen-bond donors (Lipinski definition) is 7. The van der Waals surface area contributed by atoms with Gasteiger partial charge in [-0.2, -0.15) is 0 Å². The molecule has 0 fully saturated rings. The quantitative estimate of drug-likeness (QED) is 0.104. The van der Waals surface area contributed by atoms with Crippen molar-refractivity contribution in [2.75, 3.05) is 0 Å². The number of fused-ring (bicyclic) bond motifs is 1. The summed E-state index contributed by atoms with van der Waals surface area (Å²) in [5.74, 6) is -5.18. The maximum Gasteiger partial charge on any atom is 0.171 e. The number of ketones is 2. The lowest BCUT2D eigenvalue weighted by atomic mass is 9.65. The first-order chi connectivity index (χ1) is 21.4. The minimum absolute atomic E-state index is 0.0878. The van der Waals surface area contributed by atoms with Gasteiger partial charge in [0.15, 0.2) is 11.6 Å². The van der Waals surface area contributed by atoms with Crippen molar-refractivity contribution in [1.82, 2.24) is 0 Å². The standard InChI is InChI=1S/C35H30O10/c1-16-8-24(20-5-2-17(36)10-27(20)39)34(35(44)22-7-4-18(37)11-28(22)40)25(9-16)23-13-26(30(42)14-29(23)41)33-15-31(43)21-6-3-19(38)12-32(21)45-33/h2-7,9-14,24-25,33-34,36-42H,8,15H2,1H3/t24-,25+,33?,34-/m1/s1. The number of carbonyl (C=O) groups is 2. The van der Waals surface area contributed by atoms with Gasteiger partial charge in [-0.15, -0.1) is 0 Å². The number of ether oxygens (including phenoxy) is 1. The first kappa shape index (κ1) is 29.4. The van der Waals surface area contributed by atoms with Crippen molar-refractivity contribution in [3.05, 3.63) is 106 Å². The highest BCUT2D eigenvalue weighted by Crippen LogP contribution is 2.52. The van der Waals surface area contributed by atoms with Gasteiger partial charge >= 0.3 is 0 Å². The predicted octanol–water partition coefficient (Wildman–Crippen LogP) is 6.05. The molecular formula is C35H30O10. The summed E-state index contributed by atoms with van der Waals surface area (Å²) in [5.41, 5.74) is 1.76. The molecule has 1 aliphatic heterocycles. The van der Waals surface area contributed by atoms with Crippen LogP contribution in [0.1, 0.15) is 75.1 Å². The molecule has 10 heteroatoms. The molecule has 1 heterocycles. The number of phenolic OH excluding ortho intramolecular Hbond substituents is 7. The molecule has 4 atom stereocenters. The van der Waals surface area contributed by atoms with Gasteiger partial charge in [0, 0.05) is 53.1 Å². The summed E-state index contributed by atoms with van der Waals surface area (Å²) in [5, 5.41) is 73.4. The highest BCUT2D eigenvalue weighted by atomic mass is 16.5. The lowest BCUT2D eigenvalue weighted by Crippen LogP contribution is -2.31. The molecule has 0 bridgehead atoms. The van der Waals surface area contributed by atoms with Crippen molar-refractivity contribution in [1.29, 1.82) is 0 Å². The molecule has 4 aromatic carbocycles. The Hall–Kier alpha value is -5.64. The Labute approximate surface area is 257 Å². The number of Topliss-reactive ketones (excluding diaryl/α,β-unsaturated/α-hetero) is 2. The van der Waals surface area contributed by atoms with E-state index in [1.165, 1.54) is 54.6 Å². The van der Waals surface area contributed by atoms with Crippen LogP contribution in [0.2, 0.25) is 0 Å². The molecule has 0 saturated heterocycles. The second kappa shape index (κ2) is 11.1. The summed E-state index contributed by atoms with van der Waals surface area (Å²) >= 11 is 0. The number of phenols is 7. The normalized spacial score (nSPS) is 21.0. The van der Waals surface area contributed by atoms with E-state index in [1.54, 1.807) is 6.08 Å². The van der Waals surface area contributed by atoms with Crippen molar-refractivity contribution in [2.45, 2.75) is 37.7 Å². The van der Waals surface area contributed by atoms with Gasteiger partial charge in [-0.1, -0.05) is 17.7 Å². The summed E-state index contributed by atoms with van der Waals surface area (Å²) < 4.78 is 6.02.